The lowest BCUT2D eigenvalue weighted by Crippen LogP contribution is -2.52. The summed E-state index contributed by atoms with van der Waals surface area (Å²) >= 11 is 0. The lowest BCUT2D eigenvalue weighted by atomic mass is 9.92. The summed E-state index contributed by atoms with van der Waals surface area (Å²) in [5.74, 6) is 8.25. The Bertz CT molecular complexity index is 2430. The molecule has 3 fully saturated rings. The number of amides is 3. The van der Waals surface area contributed by atoms with Crippen molar-refractivity contribution in [2.45, 2.75) is 110 Å². The van der Waals surface area contributed by atoms with Gasteiger partial charge in [-0.2, -0.15) is 0 Å². The van der Waals surface area contributed by atoms with E-state index in [4.69, 9.17) is 14.7 Å². The SMILES string of the molecule is CC(C)[C@H](C)C(=O)N1CC2(CC2)C[C@H]1c1nc2ccc(C#Cc3ccc(-c4cnc([C@@H]5CCCN5C(=O)[C@H](NC(=O)OC(C)(C)C)[C@@H](C)c5ccccc5)[nH]4)cc3)cc2[nH]1. The number of ether oxygens (including phenoxy) is 1. The molecule has 0 radical (unpaired) electrons. The predicted molar refractivity (Wildman–Crippen MR) is 233 cm³/mol. The van der Waals surface area contributed by atoms with Crippen LogP contribution >= 0.6 is 0 Å². The molecule has 60 heavy (non-hydrogen) atoms. The number of imidazole rings is 2. The van der Waals surface area contributed by atoms with E-state index in [1.807, 2.05) is 97.7 Å². The van der Waals surface area contributed by atoms with E-state index in [1.165, 1.54) is 12.8 Å². The van der Waals surface area contributed by atoms with E-state index in [1.54, 1.807) is 20.8 Å². The number of carbonyl (C=O) groups is 3. The molecule has 0 unspecified atom stereocenters. The summed E-state index contributed by atoms with van der Waals surface area (Å²) in [4.78, 5) is 61.5. The van der Waals surface area contributed by atoms with Crippen molar-refractivity contribution in [3.8, 4) is 23.1 Å². The van der Waals surface area contributed by atoms with Crippen LogP contribution < -0.4 is 5.32 Å². The van der Waals surface area contributed by atoms with Crippen LogP contribution in [0.1, 0.15) is 127 Å². The Kier molecular flexibility index (Phi) is 11.1. The highest BCUT2D eigenvalue weighted by atomic mass is 16.6. The largest absolute Gasteiger partial charge is 0.444 e. The number of benzene rings is 3. The Morgan fingerprint density at radius 1 is 0.867 bits per heavy atom. The highest BCUT2D eigenvalue weighted by Crippen LogP contribution is 2.58. The van der Waals surface area contributed by atoms with Crippen LogP contribution in [0.15, 0.2) is 79.0 Å². The second kappa shape index (κ2) is 16.3. The first kappa shape index (κ1) is 40.9. The van der Waals surface area contributed by atoms with E-state index in [0.29, 0.717) is 18.3 Å². The Labute approximate surface area is 353 Å². The maximum Gasteiger partial charge on any atom is 0.408 e. The quantitative estimate of drug-likeness (QED) is 0.127. The number of aromatic nitrogens is 4. The van der Waals surface area contributed by atoms with E-state index < -0.39 is 17.7 Å². The molecule has 2 saturated heterocycles. The summed E-state index contributed by atoms with van der Waals surface area (Å²) in [5.41, 5.74) is 5.87. The normalized spacial score (nSPS) is 19.9. The number of aromatic amines is 2. The number of carbonyl (C=O) groups excluding carboxylic acids is 3. The zero-order chi connectivity index (χ0) is 42.3. The predicted octanol–water partition coefficient (Wildman–Crippen LogP) is 9.06. The van der Waals surface area contributed by atoms with Crippen molar-refractivity contribution in [3.63, 3.8) is 0 Å². The number of likely N-dealkylation sites (tertiary alicyclic amines) is 2. The molecule has 3 amide bonds. The summed E-state index contributed by atoms with van der Waals surface area (Å²) < 4.78 is 5.57. The summed E-state index contributed by atoms with van der Waals surface area (Å²) in [7, 11) is 0. The first-order chi connectivity index (χ1) is 28.7. The summed E-state index contributed by atoms with van der Waals surface area (Å²) in [5, 5.41) is 2.90. The molecule has 3 aliphatic rings. The van der Waals surface area contributed by atoms with E-state index in [9.17, 15) is 14.4 Å². The molecular weight excluding hydrogens is 751 g/mol. The number of hydrogen-bond donors (Lipinski definition) is 3. The van der Waals surface area contributed by atoms with Crippen molar-refractivity contribution in [3.05, 3.63) is 107 Å². The topological polar surface area (TPSA) is 136 Å². The minimum atomic E-state index is -0.821. The lowest BCUT2D eigenvalue weighted by molar-refractivity contribution is -0.137. The van der Waals surface area contributed by atoms with Gasteiger partial charge >= 0.3 is 6.09 Å². The van der Waals surface area contributed by atoms with E-state index >= 15 is 0 Å². The van der Waals surface area contributed by atoms with Gasteiger partial charge in [0.15, 0.2) is 0 Å². The number of hydrogen-bond acceptors (Lipinski definition) is 6. The fourth-order valence-corrected chi connectivity index (χ4v) is 8.69. The van der Waals surface area contributed by atoms with Crippen molar-refractivity contribution >= 4 is 28.9 Å². The van der Waals surface area contributed by atoms with Gasteiger partial charge in [-0.05, 0) is 106 Å². The molecule has 0 bridgehead atoms. The molecule has 5 aromatic rings. The maximum atomic E-state index is 14.3. The molecule has 2 aliphatic heterocycles. The van der Waals surface area contributed by atoms with Crippen LogP contribution in [-0.4, -0.2) is 72.4 Å². The first-order valence-corrected chi connectivity index (χ1v) is 21.5. The van der Waals surface area contributed by atoms with Crippen LogP contribution in [0.5, 0.6) is 0 Å². The molecule has 1 spiro atoms. The lowest BCUT2D eigenvalue weighted by Gasteiger charge is -2.32. The fraction of sp³-hybridized carbons (Fsp3) is 0.449. The monoisotopic (exact) mass is 807 g/mol. The van der Waals surface area contributed by atoms with Crippen LogP contribution in [-0.2, 0) is 14.3 Å². The van der Waals surface area contributed by atoms with Crippen LogP contribution in [0.2, 0.25) is 0 Å². The molecule has 2 aromatic heterocycles. The van der Waals surface area contributed by atoms with Gasteiger partial charge in [-0.3, -0.25) is 9.59 Å². The minimum absolute atomic E-state index is 0.0240. The maximum absolute atomic E-state index is 14.3. The van der Waals surface area contributed by atoms with Gasteiger partial charge in [0, 0.05) is 36.1 Å². The average molecular weight is 808 g/mol. The van der Waals surface area contributed by atoms with Crippen molar-refractivity contribution in [2.75, 3.05) is 13.1 Å². The number of nitrogens with one attached hydrogen (secondary N) is 3. The van der Waals surface area contributed by atoms with Crippen molar-refractivity contribution < 1.29 is 19.1 Å². The Hall–Kier alpha value is -5.89. The zero-order valence-corrected chi connectivity index (χ0v) is 35.8. The molecule has 8 rings (SSSR count). The molecule has 11 heteroatoms. The summed E-state index contributed by atoms with van der Waals surface area (Å²) in [6, 6.07) is 22.7. The van der Waals surface area contributed by atoms with Crippen molar-refractivity contribution in [1.29, 1.82) is 0 Å². The van der Waals surface area contributed by atoms with Crippen LogP contribution in [0.25, 0.3) is 22.3 Å². The van der Waals surface area contributed by atoms with Gasteiger partial charge in [0.2, 0.25) is 11.8 Å². The standard InChI is InChI=1S/C49H57N7O4/c1-30(2)31(3)45(57)56-29-49(23-24-49)27-41(56)44-51-37-22-19-34(26-38(37)52-44)16-15-33-17-20-36(21-18-33)39-28-50-43(53-39)40-14-11-25-55(40)46(58)42(54-47(59)60-48(5,6)7)32(4)35-12-9-8-10-13-35/h8-10,12-13,17-22,26,28,30-32,40-42H,11,14,23-25,27,29H2,1-7H3,(H,50,53)(H,51,52)(H,54,59)/t31-,32-,40-,41-,42+/m0/s1. The molecular formula is C49H57N7O4. The van der Waals surface area contributed by atoms with Gasteiger partial charge in [-0.25, -0.2) is 14.8 Å². The van der Waals surface area contributed by atoms with E-state index in [0.717, 1.165) is 70.6 Å². The number of rotatable bonds is 9. The van der Waals surface area contributed by atoms with E-state index in [2.05, 4.69) is 45.9 Å². The third-order valence-electron chi connectivity index (χ3n) is 12.7. The Morgan fingerprint density at radius 2 is 1.58 bits per heavy atom. The number of H-pyrrole nitrogens is 2. The molecule has 3 N–H and O–H groups in total. The minimum Gasteiger partial charge on any atom is -0.444 e. The smallest absolute Gasteiger partial charge is 0.408 e. The number of fused-ring (bicyclic) bond motifs is 1. The second-order valence-electron chi connectivity index (χ2n) is 18.6. The molecule has 11 nitrogen and oxygen atoms in total. The highest BCUT2D eigenvalue weighted by molar-refractivity contribution is 5.87. The van der Waals surface area contributed by atoms with Gasteiger partial charge in [0.25, 0.3) is 0 Å². The number of alkyl carbamates (subject to hydrolysis) is 1. The second-order valence-corrected chi connectivity index (χ2v) is 18.6. The Morgan fingerprint density at radius 3 is 2.28 bits per heavy atom. The van der Waals surface area contributed by atoms with Crippen LogP contribution in [0.3, 0.4) is 0 Å². The molecule has 1 aliphatic carbocycles. The van der Waals surface area contributed by atoms with Gasteiger partial charge < -0.3 is 29.8 Å². The number of nitrogens with zero attached hydrogens (tertiary/aromatic N) is 4. The van der Waals surface area contributed by atoms with Crippen LogP contribution in [0, 0.1) is 29.1 Å². The van der Waals surface area contributed by atoms with Gasteiger partial charge in [0.1, 0.15) is 23.3 Å². The van der Waals surface area contributed by atoms with Crippen molar-refractivity contribution in [2.24, 2.45) is 17.3 Å². The molecule has 312 valence electrons. The van der Waals surface area contributed by atoms with Gasteiger partial charge in [-0.1, -0.05) is 82.0 Å². The highest BCUT2D eigenvalue weighted by Gasteiger charge is 2.54. The molecule has 4 heterocycles. The van der Waals surface area contributed by atoms with Gasteiger partial charge in [0.05, 0.1) is 35.0 Å². The van der Waals surface area contributed by atoms with E-state index in [-0.39, 0.29) is 41.1 Å². The summed E-state index contributed by atoms with van der Waals surface area (Å²) in [6.07, 6.45) is 6.10. The Balaban J connectivity index is 0.947. The zero-order valence-electron chi connectivity index (χ0n) is 35.8. The third-order valence-corrected chi connectivity index (χ3v) is 12.7. The first-order valence-electron chi connectivity index (χ1n) is 21.5. The van der Waals surface area contributed by atoms with Gasteiger partial charge in [-0.15, -0.1) is 0 Å². The molecule has 3 aromatic carbocycles. The third kappa shape index (κ3) is 8.70. The molecule has 1 saturated carbocycles. The average Bonchev–Trinajstić information content (AvgIpc) is 3.71. The fourth-order valence-electron chi connectivity index (χ4n) is 8.69. The summed E-state index contributed by atoms with van der Waals surface area (Å²) in [6.45, 7) is 15.0. The van der Waals surface area contributed by atoms with Crippen molar-refractivity contribution in [1.82, 2.24) is 35.1 Å². The molecule has 5 atom stereocenters. The van der Waals surface area contributed by atoms with Crippen LogP contribution in [0.4, 0.5) is 4.79 Å².